The van der Waals surface area contributed by atoms with Gasteiger partial charge in [-0.3, -0.25) is 10.1 Å². The summed E-state index contributed by atoms with van der Waals surface area (Å²) >= 11 is 0. The van der Waals surface area contributed by atoms with Crippen LogP contribution in [0, 0.1) is 29.8 Å². The quantitative estimate of drug-likeness (QED) is 0.670. The average Bonchev–Trinajstić information content (AvgIpc) is 2.48. The Morgan fingerprint density at radius 3 is 2.52 bits per heavy atom. The fourth-order valence-corrected chi connectivity index (χ4v) is 3.44. The minimum Gasteiger partial charge on any atom is -0.258 e. The van der Waals surface area contributed by atoms with Crippen LogP contribution in [0.5, 0.6) is 0 Å². The second kappa shape index (κ2) is 6.43. The first-order valence-corrected chi connectivity index (χ1v) is 8.19. The molecule has 2 rings (SSSR count). The van der Waals surface area contributed by atoms with E-state index in [-0.39, 0.29) is 28.5 Å². The van der Waals surface area contributed by atoms with Crippen molar-refractivity contribution in [1.82, 2.24) is 4.72 Å². The number of nitro benzene ring substituents is 1. The van der Waals surface area contributed by atoms with Crippen molar-refractivity contribution in [3.8, 4) is 0 Å². The van der Waals surface area contributed by atoms with Gasteiger partial charge >= 0.3 is 0 Å². The maximum Gasteiger partial charge on any atom is 0.273 e. The molecule has 0 fully saturated rings. The maximum atomic E-state index is 13.2. The fraction of sp³-hybridized carbons (Fsp3) is 0.200. The van der Waals surface area contributed by atoms with Gasteiger partial charge in [-0.05, 0) is 37.1 Å². The molecule has 0 saturated heterocycles. The summed E-state index contributed by atoms with van der Waals surface area (Å²) in [5.41, 5.74) is 0.814. The molecule has 0 amide bonds. The van der Waals surface area contributed by atoms with Gasteiger partial charge in [0.25, 0.3) is 5.69 Å². The highest BCUT2D eigenvalue weighted by Crippen LogP contribution is 2.24. The Balaban J connectivity index is 2.27. The number of nitro groups is 1. The van der Waals surface area contributed by atoms with Crippen LogP contribution in [0.2, 0.25) is 0 Å². The van der Waals surface area contributed by atoms with Crippen LogP contribution in [0.15, 0.2) is 41.3 Å². The van der Waals surface area contributed by atoms with E-state index in [9.17, 15) is 22.9 Å². The predicted octanol–water partition coefficient (Wildman–Crippen LogP) is 2.83. The molecule has 2 aromatic carbocycles. The van der Waals surface area contributed by atoms with Crippen LogP contribution < -0.4 is 4.72 Å². The molecule has 122 valence electrons. The molecule has 0 aromatic heterocycles. The summed E-state index contributed by atoms with van der Waals surface area (Å²) in [6.45, 7) is 2.93. The zero-order valence-electron chi connectivity index (χ0n) is 12.5. The normalized spacial score (nSPS) is 11.4. The van der Waals surface area contributed by atoms with Gasteiger partial charge in [0, 0.05) is 18.2 Å². The molecule has 8 heteroatoms. The summed E-state index contributed by atoms with van der Waals surface area (Å²) in [5.74, 6) is -0.369. The molecule has 1 N–H and O–H groups in total. The van der Waals surface area contributed by atoms with Crippen molar-refractivity contribution in [2.45, 2.75) is 25.3 Å². The van der Waals surface area contributed by atoms with Gasteiger partial charge in [-0.15, -0.1) is 0 Å². The molecule has 2 aromatic rings. The van der Waals surface area contributed by atoms with E-state index in [2.05, 4.69) is 4.72 Å². The summed E-state index contributed by atoms with van der Waals surface area (Å²) in [7, 11) is -3.92. The molecule has 0 spiro atoms. The van der Waals surface area contributed by atoms with Crippen molar-refractivity contribution in [2.75, 3.05) is 0 Å². The van der Waals surface area contributed by atoms with Crippen LogP contribution in [0.25, 0.3) is 0 Å². The number of nitrogens with zero attached hydrogens (tertiary/aromatic N) is 1. The third kappa shape index (κ3) is 3.72. The third-order valence-corrected chi connectivity index (χ3v) is 4.98. The molecule has 0 aliphatic rings. The minimum atomic E-state index is -3.92. The Labute approximate surface area is 133 Å². The summed E-state index contributed by atoms with van der Waals surface area (Å²) in [5, 5.41) is 10.9. The molecule has 0 saturated carbocycles. The van der Waals surface area contributed by atoms with E-state index in [1.807, 2.05) is 0 Å². The lowest BCUT2D eigenvalue weighted by Gasteiger charge is -2.10. The van der Waals surface area contributed by atoms with E-state index in [1.54, 1.807) is 6.92 Å². The lowest BCUT2D eigenvalue weighted by molar-refractivity contribution is -0.385. The molecule has 0 bridgehead atoms. The van der Waals surface area contributed by atoms with Crippen LogP contribution in [-0.4, -0.2) is 13.3 Å². The van der Waals surface area contributed by atoms with Crippen molar-refractivity contribution in [3.63, 3.8) is 0 Å². The van der Waals surface area contributed by atoms with Crippen molar-refractivity contribution in [3.05, 3.63) is 69.0 Å². The molecular weight excluding hydrogens is 323 g/mol. The van der Waals surface area contributed by atoms with Crippen LogP contribution in [0.3, 0.4) is 0 Å². The molecule has 0 radical (unpaired) electrons. The van der Waals surface area contributed by atoms with Crippen LogP contribution in [0.1, 0.15) is 16.7 Å². The van der Waals surface area contributed by atoms with E-state index in [0.29, 0.717) is 11.1 Å². The van der Waals surface area contributed by atoms with Crippen LogP contribution >= 0.6 is 0 Å². The predicted molar refractivity (Wildman–Crippen MR) is 83.0 cm³/mol. The number of benzene rings is 2. The average molecular weight is 338 g/mol. The molecule has 23 heavy (non-hydrogen) atoms. The number of hydrogen-bond donors (Lipinski definition) is 1. The highest BCUT2D eigenvalue weighted by Gasteiger charge is 2.22. The number of rotatable bonds is 5. The Hall–Kier alpha value is -2.32. The molecule has 0 aliphatic heterocycles. The van der Waals surface area contributed by atoms with Crippen LogP contribution in [-0.2, 0) is 16.6 Å². The molecule has 0 heterocycles. The van der Waals surface area contributed by atoms with E-state index in [4.69, 9.17) is 0 Å². The highest BCUT2D eigenvalue weighted by atomic mass is 32.2. The Morgan fingerprint density at radius 2 is 1.91 bits per heavy atom. The molecule has 0 aliphatic carbocycles. The third-order valence-electron chi connectivity index (χ3n) is 3.43. The Morgan fingerprint density at radius 1 is 1.22 bits per heavy atom. The van der Waals surface area contributed by atoms with Crippen molar-refractivity contribution in [2.24, 2.45) is 0 Å². The minimum absolute atomic E-state index is 0.0361. The van der Waals surface area contributed by atoms with Gasteiger partial charge in [0.2, 0.25) is 10.0 Å². The highest BCUT2D eigenvalue weighted by molar-refractivity contribution is 7.89. The summed E-state index contributed by atoms with van der Waals surface area (Å²) in [4.78, 5) is 10.1. The Bertz CT molecular complexity index is 866. The van der Waals surface area contributed by atoms with Crippen molar-refractivity contribution in [1.29, 1.82) is 0 Å². The SMILES string of the molecule is Cc1cc(CNS(=O)(=O)c2cccc([N+](=O)[O-])c2C)ccc1F. The van der Waals surface area contributed by atoms with Crippen molar-refractivity contribution >= 4 is 15.7 Å². The van der Waals surface area contributed by atoms with Gasteiger partial charge in [0.15, 0.2) is 0 Å². The summed E-state index contributed by atoms with van der Waals surface area (Å²) in [6.07, 6.45) is 0. The Kier molecular flexibility index (Phi) is 4.76. The standard InChI is InChI=1S/C15H15FN2O4S/c1-10-8-12(6-7-13(10)16)9-17-23(21,22)15-5-3-4-14(11(15)2)18(19)20/h3-8,17H,9H2,1-2H3. The number of hydrogen-bond acceptors (Lipinski definition) is 4. The smallest absolute Gasteiger partial charge is 0.258 e. The van der Waals surface area contributed by atoms with E-state index >= 15 is 0 Å². The number of nitrogens with one attached hydrogen (secondary N) is 1. The summed E-state index contributed by atoms with van der Waals surface area (Å²) < 4.78 is 40.3. The van der Waals surface area contributed by atoms with Gasteiger partial charge in [-0.2, -0.15) is 0 Å². The second-order valence-electron chi connectivity index (χ2n) is 5.07. The first kappa shape index (κ1) is 17.0. The van der Waals surface area contributed by atoms with Crippen LogP contribution in [0.4, 0.5) is 10.1 Å². The topological polar surface area (TPSA) is 89.3 Å². The first-order valence-electron chi connectivity index (χ1n) is 6.71. The van der Waals surface area contributed by atoms with E-state index in [1.165, 1.54) is 43.3 Å². The first-order chi connectivity index (χ1) is 10.7. The van der Waals surface area contributed by atoms with Gasteiger partial charge < -0.3 is 0 Å². The fourth-order valence-electron chi connectivity index (χ4n) is 2.16. The lowest BCUT2D eigenvalue weighted by Crippen LogP contribution is -2.24. The monoisotopic (exact) mass is 338 g/mol. The maximum absolute atomic E-state index is 13.2. The van der Waals surface area contributed by atoms with E-state index < -0.39 is 14.9 Å². The van der Waals surface area contributed by atoms with Gasteiger partial charge in [0.1, 0.15) is 5.82 Å². The largest absolute Gasteiger partial charge is 0.273 e. The number of aryl methyl sites for hydroxylation is 1. The number of sulfonamides is 1. The molecule has 0 atom stereocenters. The van der Waals surface area contributed by atoms with Gasteiger partial charge in [-0.1, -0.05) is 18.2 Å². The lowest BCUT2D eigenvalue weighted by atomic mass is 10.1. The molecule has 6 nitrogen and oxygen atoms in total. The zero-order chi connectivity index (χ0) is 17.2. The summed E-state index contributed by atoms with van der Waals surface area (Å²) in [6, 6.07) is 8.15. The van der Waals surface area contributed by atoms with Crippen molar-refractivity contribution < 1.29 is 17.7 Å². The second-order valence-corrected chi connectivity index (χ2v) is 6.80. The zero-order valence-corrected chi connectivity index (χ0v) is 13.4. The molecule has 0 unspecified atom stereocenters. The number of halogens is 1. The van der Waals surface area contributed by atoms with Gasteiger partial charge in [-0.25, -0.2) is 17.5 Å². The molecular formula is C15H15FN2O4S. The van der Waals surface area contributed by atoms with Gasteiger partial charge in [0.05, 0.1) is 9.82 Å². The van der Waals surface area contributed by atoms with E-state index in [0.717, 1.165) is 0 Å².